The fourth-order valence-electron chi connectivity index (χ4n) is 2.29. The van der Waals surface area contributed by atoms with Crippen molar-refractivity contribution in [3.63, 3.8) is 0 Å². The van der Waals surface area contributed by atoms with Gasteiger partial charge in [-0.25, -0.2) is 0 Å². The largest absolute Gasteiger partial charge is 0.496 e. The van der Waals surface area contributed by atoms with Crippen LogP contribution in [0.15, 0.2) is 11.8 Å². The lowest BCUT2D eigenvalue weighted by molar-refractivity contribution is 0.0366. The Balaban J connectivity index is 1.96. The van der Waals surface area contributed by atoms with E-state index in [9.17, 15) is 0 Å². The molecular weight excluding hydrogens is 178 g/mol. The van der Waals surface area contributed by atoms with Crippen LogP contribution in [-0.4, -0.2) is 32.9 Å². The molecule has 2 heterocycles. The molecule has 2 aliphatic heterocycles. The predicted octanol–water partition coefficient (Wildman–Crippen LogP) is 1.31. The molecule has 3 nitrogen and oxygen atoms in total. The number of nitrogens with one attached hydrogen (secondary N) is 1. The lowest BCUT2D eigenvalue weighted by atomic mass is 9.92. The predicted molar refractivity (Wildman–Crippen MR) is 55.0 cm³/mol. The van der Waals surface area contributed by atoms with E-state index in [1.165, 1.54) is 12.8 Å². The van der Waals surface area contributed by atoms with Crippen LogP contribution in [0.2, 0.25) is 0 Å². The third kappa shape index (κ3) is 2.10. The Morgan fingerprint density at radius 1 is 1.50 bits per heavy atom. The summed E-state index contributed by atoms with van der Waals surface area (Å²) < 4.78 is 11.1. The highest BCUT2D eigenvalue weighted by atomic mass is 16.5. The Labute approximate surface area is 85.5 Å². The van der Waals surface area contributed by atoms with Crippen LogP contribution < -0.4 is 5.32 Å². The zero-order valence-corrected chi connectivity index (χ0v) is 8.79. The van der Waals surface area contributed by atoms with E-state index in [0.29, 0.717) is 12.0 Å². The first-order valence-corrected chi connectivity index (χ1v) is 5.49. The summed E-state index contributed by atoms with van der Waals surface area (Å²) in [7, 11) is 2.00. The highest BCUT2D eigenvalue weighted by Crippen LogP contribution is 2.25. The Morgan fingerprint density at radius 3 is 3.00 bits per heavy atom. The quantitative estimate of drug-likeness (QED) is 0.740. The summed E-state index contributed by atoms with van der Waals surface area (Å²) in [6.07, 6.45) is 5.68. The van der Waals surface area contributed by atoms with Crippen LogP contribution in [0.1, 0.15) is 19.3 Å². The smallest absolute Gasteiger partial charge is 0.109 e. The van der Waals surface area contributed by atoms with Crippen LogP contribution in [0, 0.1) is 5.92 Å². The molecule has 1 saturated heterocycles. The van der Waals surface area contributed by atoms with Crippen molar-refractivity contribution in [2.45, 2.75) is 25.3 Å². The van der Waals surface area contributed by atoms with Gasteiger partial charge in [0.15, 0.2) is 0 Å². The molecule has 0 aromatic carbocycles. The molecule has 0 saturated carbocycles. The van der Waals surface area contributed by atoms with Gasteiger partial charge in [0.25, 0.3) is 0 Å². The molecule has 0 spiro atoms. The molecule has 0 aromatic heterocycles. The zero-order valence-electron chi connectivity index (χ0n) is 8.79. The molecule has 2 aliphatic rings. The highest BCUT2D eigenvalue weighted by Gasteiger charge is 2.28. The van der Waals surface area contributed by atoms with Crippen molar-refractivity contribution in [2.24, 2.45) is 5.92 Å². The monoisotopic (exact) mass is 197 g/mol. The van der Waals surface area contributed by atoms with Gasteiger partial charge in [-0.05, 0) is 26.0 Å². The van der Waals surface area contributed by atoms with Crippen LogP contribution >= 0.6 is 0 Å². The molecule has 0 aliphatic carbocycles. The van der Waals surface area contributed by atoms with E-state index < -0.39 is 0 Å². The normalized spacial score (nSPS) is 29.5. The summed E-state index contributed by atoms with van der Waals surface area (Å²) in [5.41, 5.74) is 0. The van der Waals surface area contributed by atoms with Gasteiger partial charge in [-0.2, -0.15) is 0 Å². The fourth-order valence-corrected chi connectivity index (χ4v) is 2.29. The second-order valence-corrected chi connectivity index (χ2v) is 3.99. The maximum absolute atomic E-state index is 5.60. The summed E-state index contributed by atoms with van der Waals surface area (Å²) >= 11 is 0. The Bertz CT molecular complexity index is 209. The molecule has 0 amide bonds. The standard InChI is InChI=1S/C11H19NO2/c1-12-11(10-5-3-7-14-10)9-4-2-6-13-8-9/h5,9,11-12H,2-4,6-8H2,1H3. The summed E-state index contributed by atoms with van der Waals surface area (Å²) in [5, 5.41) is 3.34. The molecule has 1 fully saturated rings. The van der Waals surface area contributed by atoms with E-state index in [-0.39, 0.29) is 0 Å². The van der Waals surface area contributed by atoms with Crippen LogP contribution in [0.4, 0.5) is 0 Å². The van der Waals surface area contributed by atoms with E-state index >= 15 is 0 Å². The fraction of sp³-hybridized carbons (Fsp3) is 0.818. The molecule has 2 rings (SSSR count). The van der Waals surface area contributed by atoms with Gasteiger partial charge in [-0.15, -0.1) is 0 Å². The van der Waals surface area contributed by atoms with Gasteiger partial charge in [0, 0.05) is 18.9 Å². The molecule has 0 radical (unpaired) electrons. The lowest BCUT2D eigenvalue weighted by Gasteiger charge is -2.30. The summed E-state index contributed by atoms with van der Waals surface area (Å²) in [6.45, 7) is 2.64. The molecule has 2 unspecified atom stereocenters. The van der Waals surface area contributed by atoms with Crippen molar-refractivity contribution >= 4 is 0 Å². The van der Waals surface area contributed by atoms with E-state index in [4.69, 9.17) is 9.47 Å². The van der Waals surface area contributed by atoms with Gasteiger partial charge in [0.05, 0.1) is 19.3 Å². The summed E-state index contributed by atoms with van der Waals surface area (Å²) in [6, 6.07) is 0.359. The summed E-state index contributed by atoms with van der Waals surface area (Å²) in [4.78, 5) is 0. The average Bonchev–Trinajstić information content (AvgIpc) is 2.74. The molecule has 14 heavy (non-hydrogen) atoms. The maximum atomic E-state index is 5.60. The molecule has 1 N–H and O–H groups in total. The van der Waals surface area contributed by atoms with E-state index in [1.807, 2.05) is 7.05 Å². The Kier molecular flexibility index (Phi) is 3.43. The van der Waals surface area contributed by atoms with Crippen molar-refractivity contribution in [3.05, 3.63) is 11.8 Å². The topological polar surface area (TPSA) is 30.5 Å². The van der Waals surface area contributed by atoms with Gasteiger partial charge < -0.3 is 14.8 Å². The lowest BCUT2D eigenvalue weighted by Crippen LogP contribution is -2.39. The second-order valence-electron chi connectivity index (χ2n) is 3.99. The van der Waals surface area contributed by atoms with Crippen molar-refractivity contribution in [1.82, 2.24) is 5.32 Å². The Hall–Kier alpha value is -0.540. The highest BCUT2D eigenvalue weighted by molar-refractivity contribution is 5.09. The zero-order chi connectivity index (χ0) is 9.80. The third-order valence-electron chi connectivity index (χ3n) is 3.02. The minimum absolute atomic E-state index is 0.359. The molecular formula is C11H19NO2. The van der Waals surface area contributed by atoms with Crippen molar-refractivity contribution in [3.8, 4) is 0 Å². The number of hydrogen-bond acceptors (Lipinski definition) is 3. The minimum Gasteiger partial charge on any atom is -0.496 e. The first kappa shape index (κ1) is 9.99. The first-order chi connectivity index (χ1) is 6.92. The van der Waals surface area contributed by atoms with Crippen LogP contribution in [0.25, 0.3) is 0 Å². The van der Waals surface area contributed by atoms with E-state index in [0.717, 1.165) is 32.0 Å². The Morgan fingerprint density at radius 2 is 2.43 bits per heavy atom. The summed E-state index contributed by atoms with van der Waals surface area (Å²) in [5.74, 6) is 1.71. The number of likely N-dealkylation sites (N-methyl/N-ethyl adjacent to an activating group) is 1. The van der Waals surface area contributed by atoms with Gasteiger partial charge in [-0.1, -0.05) is 0 Å². The van der Waals surface area contributed by atoms with Crippen molar-refractivity contribution in [1.29, 1.82) is 0 Å². The molecule has 2 atom stereocenters. The number of ether oxygens (including phenoxy) is 2. The van der Waals surface area contributed by atoms with Crippen molar-refractivity contribution in [2.75, 3.05) is 26.9 Å². The van der Waals surface area contributed by atoms with Crippen LogP contribution in [0.3, 0.4) is 0 Å². The number of rotatable bonds is 3. The molecule has 0 aromatic rings. The second kappa shape index (κ2) is 4.80. The third-order valence-corrected chi connectivity index (χ3v) is 3.02. The van der Waals surface area contributed by atoms with Crippen molar-refractivity contribution < 1.29 is 9.47 Å². The molecule has 3 heteroatoms. The number of hydrogen-bond donors (Lipinski definition) is 1. The van der Waals surface area contributed by atoms with Crippen LogP contribution in [-0.2, 0) is 9.47 Å². The maximum Gasteiger partial charge on any atom is 0.109 e. The van der Waals surface area contributed by atoms with E-state index in [2.05, 4.69) is 11.4 Å². The van der Waals surface area contributed by atoms with Gasteiger partial charge >= 0.3 is 0 Å². The molecule has 0 bridgehead atoms. The van der Waals surface area contributed by atoms with Gasteiger partial charge in [0.1, 0.15) is 5.76 Å². The average molecular weight is 197 g/mol. The van der Waals surface area contributed by atoms with E-state index in [1.54, 1.807) is 0 Å². The SMILES string of the molecule is CNC(C1=CCCO1)C1CCCOC1. The minimum atomic E-state index is 0.359. The van der Waals surface area contributed by atoms with Gasteiger partial charge in [0.2, 0.25) is 0 Å². The first-order valence-electron chi connectivity index (χ1n) is 5.49. The van der Waals surface area contributed by atoms with Gasteiger partial charge in [-0.3, -0.25) is 0 Å². The molecule has 80 valence electrons. The van der Waals surface area contributed by atoms with Crippen LogP contribution in [0.5, 0.6) is 0 Å².